The molecule has 2 aromatic rings. The topological polar surface area (TPSA) is 66.8 Å². The summed E-state index contributed by atoms with van der Waals surface area (Å²) in [6, 6.07) is 9.22. The molecule has 0 aliphatic carbocycles. The number of carbonyl (C=O) groups is 1. The molecule has 4 nitrogen and oxygen atoms in total. The molecule has 0 spiro atoms. The van der Waals surface area contributed by atoms with Crippen LogP contribution in [0.3, 0.4) is 0 Å². The number of phenols is 2. The van der Waals surface area contributed by atoms with Crippen LogP contribution in [-0.4, -0.2) is 16.0 Å². The van der Waals surface area contributed by atoms with Crippen molar-refractivity contribution in [2.45, 2.75) is 13.8 Å². The lowest BCUT2D eigenvalue weighted by molar-refractivity contribution is 0.101. The first kappa shape index (κ1) is 13.0. The van der Waals surface area contributed by atoms with Gasteiger partial charge >= 0.3 is 0 Å². The van der Waals surface area contributed by atoms with Gasteiger partial charge in [-0.1, -0.05) is 12.1 Å². The molecule has 0 fully saturated rings. The van der Waals surface area contributed by atoms with Gasteiger partial charge in [0.05, 0.1) is 5.56 Å². The maximum atomic E-state index is 11.6. The molecule has 19 heavy (non-hydrogen) atoms. The van der Waals surface area contributed by atoms with Gasteiger partial charge < -0.3 is 14.9 Å². The van der Waals surface area contributed by atoms with E-state index < -0.39 is 0 Å². The number of rotatable bonds is 3. The third-order valence-electron chi connectivity index (χ3n) is 2.69. The summed E-state index contributed by atoms with van der Waals surface area (Å²) in [5, 5.41) is 18.8. The Morgan fingerprint density at radius 1 is 1.11 bits per heavy atom. The Labute approximate surface area is 110 Å². The Bertz CT molecular complexity index is 612. The zero-order valence-corrected chi connectivity index (χ0v) is 10.7. The van der Waals surface area contributed by atoms with Crippen LogP contribution in [0.1, 0.15) is 22.8 Å². The third kappa shape index (κ3) is 2.85. The zero-order chi connectivity index (χ0) is 14.0. The second-order valence-electron chi connectivity index (χ2n) is 4.29. The monoisotopic (exact) mass is 258 g/mol. The standard InChI is InChI=1S/C15H14O4/c1-9-4-3-5-14(10(2)16)15(9)19-13-7-11(17)6-12(18)8-13/h3-8,17-18H,1-2H3. The highest BCUT2D eigenvalue weighted by Crippen LogP contribution is 2.33. The minimum absolute atomic E-state index is 0.104. The Balaban J connectivity index is 2.45. The van der Waals surface area contributed by atoms with E-state index >= 15 is 0 Å². The van der Waals surface area contributed by atoms with Gasteiger partial charge in [0.2, 0.25) is 0 Å². The average Bonchev–Trinajstić information content (AvgIpc) is 2.30. The molecular formula is C15H14O4. The predicted octanol–water partition coefficient (Wildman–Crippen LogP) is 3.40. The SMILES string of the molecule is CC(=O)c1cccc(C)c1Oc1cc(O)cc(O)c1. The van der Waals surface area contributed by atoms with Crippen molar-refractivity contribution in [3.8, 4) is 23.0 Å². The van der Waals surface area contributed by atoms with Gasteiger partial charge in [-0.15, -0.1) is 0 Å². The van der Waals surface area contributed by atoms with Crippen LogP contribution in [0.25, 0.3) is 0 Å². The quantitative estimate of drug-likeness (QED) is 0.828. The summed E-state index contributed by atoms with van der Waals surface area (Å²) in [4.78, 5) is 11.6. The number of benzene rings is 2. The molecule has 2 N–H and O–H groups in total. The number of ketones is 1. The Hall–Kier alpha value is -2.49. The van der Waals surface area contributed by atoms with Gasteiger partial charge in [0, 0.05) is 18.2 Å². The van der Waals surface area contributed by atoms with Crippen molar-refractivity contribution >= 4 is 5.78 Å². The number of hydrogen-bond acceptors (Lipinski definition) is 4. The van der Waals surface area contributed by atoms with E-state index in [1.54, 1.807) is 12.1 Å². The summed E-state index contributed by atoms with van der Waals surface area (Å²) in [7, 11) is 0. The molecule has 2 rings (SSSR count). The van der Waals surface area contributed by atoms with Gasteiger partial charge in [0.1, 0.15) is 23.0 Å². The van der Waals surface area contributed by atoms with Crippen LogP contribution in [-0.2, 0) is 0 Å². The predicted molar refractivity (Wildman–Crippen MR) is 71.0 cm³/mol. The van der Waals surface area contributed by atoms with Crippen molar-refractivity contribution in [1.29, 1.82) is 0 Å². The van der Waals surface area contributed by atoms with E-state index in [-0.39, 0.29) is 23.0 Å². The summed E-state index contributed by atoms with van der Waals surface area (Å²) < 4.78 is 5.62. The molecule has 0 aliphatic heterocycles. The smallest absolute Gasteiger partial charge is 0.163 e. The van der Waals surface area contributed by atoms with Crippen molar-refractivity contribution in [1.82, 2.24) is 0 Å². The molecule has 0 atom stereocenters. The molecule has 0 heterocycles. The number of carbonyl (C=O) groups excluding carboxylic acids is 1. The number of aromatic hydroxyl groups is 2. The van der Waals surface area contributed by atoms with E-state index in [1.807, 2.05) is 13.0 Å². The highest BCUT2D eigenvalue weighted by molar-refractivity contribution is 5.97. The fourth-order valence-corrected chi connectivity index (χ4v) is 1.81. The maximum Gasteiger partial charge on any atom is 0.163 e. The molecule has 0 aromatic heterocycles. The second-order valence-corrected chi connectivity index (χ2v) is 4.29. The van der Waals surface area contributed by atoms with E-state index in [9.17, 15) is 15.0 Å². The number of Topliss-reactive ketones (excluding diaryl/α,β-unsaturated/α-hetero) is 1. The molecule has 0 amide bonds. The van der Waals surface area contributed by atoms with Gasteiger partial charge in [-0.05, 0) is 25.5 Å². The van der Waals surface area contributed by atoms with Crippen LogP contribution >= 0.6 is 0 Å². The van der Waals surface area contributed by atoms with E-state index in [0.717, 1.165) is 5.56 Å². The summed E-state index contributed by atoms with van der Waals surface area (Å²) in [6.07, 6.45) is 0. The number of phenolic OH excluding ortho intramolecular Hbond substituents is 2. The molecule has 0 unspecified atom stereocenters. The van der Waals surface area contributed by atoms with E-state index in [4.69, 9.17) is 4.74 Å². The Morgan fingerprint density at radius 2 is 1.74 bits per heavy atom. The maximum absolute atomic E-state index is 11.6. The van der Waals surface area contributed by atoms with Gasteiger partial charge in [-0.25, -0.2) is 0 Å². The van der Waals surface area contributed by atoms with Gasteiger partial charge in [-0.2, -0.15) is 0 Å². The van der Waals surface area contributed by atoms with E-state index in [0.29, 0.717) is 11.3 Å². The van der Waals surface area contributed by atoms with Gasteiger partial charge in [0.25, 0.3) is 0 Å². The second kappa shape index (κ2) is 5.02. The lowest BCUT2D eigenvalue weighted by atomic mass is 10.1. The molecule has 0 saturated heterocycles. The molecule has 0 saturated carbocycles. The first-order valence-electron chi connectivity index (χ1n) is 5.79. The van der Waals surface area contributed by atoms with E-state index in [1.165, 1.54) is 25.1 Å². The molecular weight excluding hydrogens is 244 g/mol. The molecule has 0 radical (unpaired) electrons. The first-order valence-corrected chi connectivity index (χ1v) is 5.79. The van der Waals surface area contributed by atoms with Gasteiger partial charge in [-0.3, -0.25) is 4.79 Å². The lowest BCUT2D eigenvalue weighted by Gasteiger charge is -2.12. The zero-order valence-electron chi connectivity index (χ0n) is 10.7. The molecule has 0 bridgehead atoms. The largest absolute Gasteiger partial charge is 0.508 e. The molecule has 98 valence electrons. The normalized spacial score (nSPS) is 10.2. The van der Waals surface area contributed by atoms with Crippen molar-refractivity contribution in [2.75, 3.05) is 0 Å². The Kier molecular flexibility index (Phi) is 3.42. The van der Waals surface area contributed by atoms with Crippen LogP contribution in [0, 0.1) is 6.92 Å². The number of ether oxygens (including phenoxy) is 1. The van der Waals surface area contributed by atoms with Crippen molar-refractivity contribution in [2.24, 2.45) is 0 Å². The van der Waals surface area contributed by atoms with Crippen LogP contribution < -0.4 is 4.74 Å². The van der Waals surface area contributed by atoms with Crippen molar-refractivity contribution in [3.63, 3.8) is 0 Å². The average molecular weight is 258 g/mol. The third-order valence-corrected chi connectivity index (χ3v) is 2.69. The molecule has 4 heteroatoms. The van der Waals surface area contributed by atoms with Crippen LogP contribution in [0.15, 0.2) is 36.4 Å². The number of para-hydroxylation sites is 1. The summed E-state index contributed by atoms with van der Waals surface area (Å²) >= 11 is 0. The van der Waals surface area contributed by atoms with E-state index in [2.05, 4.69) is 0 Å². The van der Waals surface area contributed by atoms with Crippen molar-refractivity contribution in [3.05, 3.63) is 47.5 Å². The summed E-state index contributed by atoms with van der Waals surface area (Å²) in [6.45, 7) is 3.28. The minimum atomic E-state index is -0.108. The minimum Gasteiger partial charge on any atom is -0.508 e. The fourth-order valence-electron chi connectivity index (χ4n) is 1.81. The van der Waals surface area contributed by atoms with Crippen molar-refractivity contribution < 1.29 is 19.7 Å². The number of hydrogen-bond donors (Lipinski definition) is 2. The fraction of sp³-hybridized carbons (Fsp3) is 0.133. The summed E-state index contributed by atoms with van der Waals surface area (Å²) in [5.74, 6) is 0.387. The lowest BCUT2D eigenvalue weighted by Crippen LogP contribution is -1.98. The Morgan fingerprint density at radius 3 is 2.32 bits per heavy atom. The first-order chi connectivity index (χ1) is 8.97. The number of aryl methyl sites for hydroxylation is 1. The molecule has 2 aromatic carbocycles. The molecule has 0 aliphatic rings. The van der Waals surface area contributed by atoms with Crippen LogP contribution in [0.4, 0.5) is 0 Å². The summed E-state index contributed by atoms with van der Waals surface area (Å²) in [5.41, 5.74) is 1.26. The highest BCUT2D eigenvalue weighted by Gasteiger charge is 2.12. The highest BCUT2D eigenvalue weighted by atomic mass is 16.5. The van der Waals surface area contributed by atoms with Crippen LogP contribution in [0.2, 0.25) is 0 Å². The van der Waals surface area contributed by atoms with Gasteiger partial charge in [0.15, 0.2) is 5.78 Å². The van der Waals surface area contributed by atoms with Crippen LogP contribution in [0.5, 0.6) is 23.0 Å².